The SMILES string of the molecule is CCN1CCCC1CNS(=O)(=O)c1ccc(CN)cc1C. The van der Waals surface area contributed by atoms with Gasteiger partial charge in [-0.15, -0.1) is 0 Å². The Kier molecular flexibility index (Phi) is 5.37. The van der Waals surface area contributed by atoms with Crippen molar-refractivity contribution < 1.29 is 8.42 Å². The van der Waals surface area contributed by atoms with Crippen LogP contribution in [0.25, 0.3) is 0 Å². The van der Waals surface area contributed by atoms with Gasteiger partial charge in [-0.3, -0.25) is 4.90 Å². The molecule has 1 unspecified atom stereocenters. The van der Waals surface area contributed by atoms with Crippen LogP contribution in [0.2, 0.25) is 0 Å². The van der Waals surface area contributed by atoms with Gasteiger partial charge in [0.1, 0.15) is 0 Å². The Morgan fingerprint density at radius 2 is 2.19 bits per heavy atom. The van der Waals surface area contributed by atoms with E-state index >= 15 is 0 Å². The summed E-state index contributed by atoms with van der Waals surface area (Å²) in [5, 5.41) is 0. The molecule has 0 aromatic heterocycles. The Morgan fingerprint density at radius 1 is 1.43 bits per heavy atom. The van der Waals surface area contributed by atoms with E-state index in [0.717, 1.165) is 37.1 Å². The maximum Gasteiger partial charge on any atom is 0.240 e. The highest BCUT2D eigenvalue weighted by Gasteiger charge is 2.25. The third-order valence-electron chi connectivity index (χ3n) is 4.18. The van der Waals surface area contributed by atoms with Crippen LogP contribution in [0.1, 0.15) is 30.9 Å². The largest absolute Gasteiger partial charge is 0.326 e. The fourth-order valence-corrected chi connectivity index (χ4v) is 4.26. The standard InChI is InChI=1S/C15H25N3O2S/c1-3-18-8-4-5-14(18)11-17-21(19,20)15-7-6-13(10-16)9-12(15)2/h6-7,9,14,17H,3-5,8,10-11,16H2,1-2H3. The van der Waals surface area contributed by atoms with Crippen LogP contribution >= 0.6 is 0 Å². The molecule has 0 spiro atoms. The lowest BCUT2D eigenvalue weighted by Crippen LogP contribution is -2.40. The van der Waals surface area contributed by atoms with Gasteiger partial charge in [0, 0.05) is 19.1 Å². The molecule has 1 aliphatic heterocycles. The van der Waals surface area contributed by atoms with Crippen LogP contribution < -0.4 is 10.5 Å². The Bertz CT molecular complexity index is 587. The van der Waals surface area contributed by atoms with Crippen LogP contribution in [0, 0.1) is 6.92 Å². The summed E-state index contributed by atoms with van der Waals surface area (Å²) in [6.45, 7) is 6.85. The van der Waals surface area contributed by atoms with E-state index in [1.165, 1.54) is 0 Å². The number of nitrogens with zero attached hydrogens (tertiary/aromatic N) is 1. The van der Waals surface area contributed by atoms with Gasteiger partial charge in [0.2, 0.25) is 10.0 Å². The number of hydrogen-bond acceptors (Lipinski definition) is 4. The molecule has 1 aliphatic rings. The molecule has 0 radical (unpaired) electrons. The van der Waals surface area contributed by atoms with Crippen molar-refractivity contribution in [2.24, 2.45) is 5.73 Å². The second-order valence-corrected chi connectivity index (χ2v) is 7.32. The Hall–Kier alpha value is -0.950. The van der Waals surface area contributed by atoms with Gasteiger partial charge in [-0.25, -0.2) is 13.1 Å². The highest BCUT2D eigenvalue weighted by atomic mass is 32.2. The number of nitrogens with two attached hydrogens (primary N) is 1. The van der Waals surface area contributed by atoms with Crippen molar-refractivity contribution in [2.75, 3.05) is 19.6 Å². The summed E-state index contributed by atoms with van der Waals surface area (Å²) in [6, 6.07) is 5.57. The van der Waals surface area contributed by atoms with Crippen LogP contribution in [-0.2, 0) is 16.6 Å². The van der Waals surface area contributed by atoms with E-state index in [-0.39, 0.29) is 0 Å². The number of aryl methyl sites for hydroxylation is 1. The smallest absolute Gasteiger partial charge is 0.240 e. The first-order valence-electron chi connectivity index (χ1n) is 7.51. The molecular formula is C15H25N3O2S. The maximum atomic E-state index is 12.4. The Morgan fingerprint density at radius 3 is 2.81 bits per heavy atom. The minimum atomic E-state index is -3.45. The first kappa shape index (κ1) is 16.4. The third kappa shape index (κ3) is 3.83. The first-order valence-corrected chi connectivity index (χ1v) is 8.99. The van der Waals surface area contributed by atoms with E-state index < -0.39 is 10.0 Å². The third-order valence-corrected chi connectivity index (χ3v) is 5.76. The second-order valence-electron chi connectivity index (χ2n) is 5.58. The topological polar surface area (TPSA) is 75.4 Å². The lowest BCUT2D eigenvalue weighted by molar-refractivity contribution is 0.268. The van der Waals surface area contributed by atoms with Crippen LogP contribution in [0.15, 0.2) is 23.1 Å². The van der Waals surface area contributed by atoms with Crippen molar-refractivity contribution in [1.82, 2.24) is 9.62 Å². The zero-order valence-corrected chi connectivity index (χ0v) is 13.6. The zero-order chi connectivity index (χ0) is 15.5. The minimum Gasteiger partial charge on any atom is -0.326 e. The molecule has 0 aliphatic carbocycles. The van der Waals surface area contributed by atoms with Crippen molar-refractivity contribution in [1.29, 1.82) is 0 Å². The van der Waals surface area contributed by atoms with Gasteiger partial charge in [0.15, 0.2) is 0 Å². The monoisotopic (exact) mass is 311 g/mol. The number of benzene rings is 1. The van der Waals surface area contributed by atoms with E-state index in [2.05, 4.69) is 16.5 Å². The molecular weight excluding hydrogens is 286 g/mol. The van der Waals surface area contributed by atoms with Gasteiger partial charge < -0.3 is 5.73 Å². The highest BCUT2D eigenvalue weighted by Crippen LogP contribution is 2.19. The molecule has 6 heteroatoms. The summed E-state index contributed by atoms with van der Waals surface area (Å²) in [4.78, 5) is 2.67. The van der Waals surface area contributed by atoms with Crippen molar-refractivity contribution >= 4 is 10.0 Å². The number of likely N-dealkylation sites (N-methyl/N-ethyl adjacent to an activating group) is 1. The van der Waals surface area contributed by atoms with E-state index in [1.54, 1.807) is 12.1 Å². The molecule has 1 atom stereocenters. The summed E-state index contributed by atoms with van der Waals surface area (Å²) in [7, 11) is -3.45. The van der Waals surface area contributed by atoms with Crippen molar-refractivity contribution in [2.45, 2.75) is 44.2 Å². The van der Waals surface area contributed by atoms with Gasteiger partial charge in [-0.1, -0.05) is 19.1 Å². The normalized spacial score (nSPS) is 20.0. The van der Waals surface area contributed by atoms with Crippen molar-refractivity contribution in [3.63, 3.8) is 0 Å². The van der Waals surface area contributed by atoms with E-state index in [4.69, 9.17) is 5.73 Å². The molecule has 118 valence electrons. The first-order chi connectivity index (χ1) is 9.97. The fourth-order valence-electron chi connectivity index (χ4n) is 2.97. The minimum absolute atomic E-state index is 0.313. The molecule has 1 fully saturated rings. The van der Waals surface area contributed by atoms with E-state index in [0.29, 0.717) is 24.0 Å². The van der Waals surface area contributed by atoms with Crippen molar-refractivity contribution in [3.8, 4) is 0 Å². The molecule has 5 nitrogen and oxygen atoms in total. The van der Waals surface area contributed by atoms with Crippen LogP contribution in [-0.4, -0.2) is 39.0 Å². The molecule has 2 rings (SSSR count). The molecule has 0 bridgehead atoms. The van der Waals surface area contributed by atoms with E-state index in [9.17, 15) is 8.42 Å². The molecule has 1 saturated heterocycles. The lowest BCUT2D eigenvalue weighted by Gasteiger charge is -2.23. The van der Waals surface area contributed by atoms with Gasteiger partial charge >= 0.3 is 0 Å². The van der Waals surface area contributed by atoms with Crippen LogP contribution in [0.3, 0.4) is 0 Å². The summed E-state index contributed by atoms with van der Waals surface area (Å²) < 4.78 is 27.6. The molecule has 1 aromatic carbocycles. The second kappa shape index (κ2) is 6.87. The molecule has 1 heterocycles. The summed E-state index contributed by atoms with van der Waals surface area (Å²) in [6.07, 6.45) is 2.20. The summed E-state index contributed by atoms with van der Waals surface area (Å²) >= 11 is 0. The van der Waals surface area contributed by atoms with Gasteiger partial charge in [-0.05, 0) is 50.0 Å². The number of rotatable bonds is 6. The Labute approximate surface area is 127 Å². The predicted octanol–water partition coefficient (Wildman–Crippen LogP) is 1.22. The molecule has 3 N–H and O–H groups in total. The molecule has 21 heavy (non-hydrogen) atoms. The van der Waals surface area contributed by atoms with Crippen LogP contribution in [0.4, 0.5) is 0 Å². The van der Waals surface area contributed by atoms with Crippen LogP contribution in [0.5, 0.6) is 0 Å². The number of hydrogen-bond donors (Lipinski definition) is 2. The average Bonchev–Trinajstić information content (AvgIpc) is 2.92. The number of nitrogens with one attached hydrogen (secondary N) is 1. The van der Waals surface area contributed by atoms with Gasteiger partial charge in [0.05, 0.1) is 4.90 Å². The van der Waals surface area contributed by atoms with E-state index in [1.807, 2.05) is 13.0 Å². The molecule has 0 amide bonds. The fraction of sp³-hybridized carbons (Fsp3) is 0.600. The van der Waals surface area contributed by atoms with Gasteiger partial charge in [0.25, 0.3) is 0 Å². The van der Waals surface area contributed by atoms with Crippen molar-refractivity contribution in [3.05, 3.63) is 29.3 Å². The molecule has 0 saturated carbocycles. The number of likely N-dealkylation sites (tertiary alicyclic amines) is 1. The summed E-state index contributed by atoms with van der Waals surface area (Å²) in [5.74, 6) is 0. The molecule has 1 aromatic rings. The Balaban J connectivity index is 2.08. The summed E-state index contributed by atoms with van der Waals surface area (Å²) in [5.41, 5.74) is 7.26. The highest BCUT2D eigenvalue weighted by molar-refractivity contribution is 7.89. The average molecular weight is 311 g/mol. The quantitative estimate of drug-likeness (QED) is 0.828. The van der Waals surface area contributed by atoms with Gasteiger partial charge in [-0.2, -0.15) is 0 Å². The number of sulfonamides is 1. The predicted molar refractivity (Wildman–Crippen MR) is 84.5 cm³/mol. The zero-order valence-electron chi connectivity index (χ0n) is 12.8. The lowest BCUT2D eigenvalue weighted by atomic mass is 10.1. The maximum absolute atomic E-state index is 12.4.